The fraction of sp³-hybridized carbons (Fsp3) is 0.308. The van der Waals surface area contributed by atoms with Crippen molar-refractivity contribution in [3.63, 3.8) is 0 Å². The Bertz CT molecular complexity index is 522. The van der Waals surface area contributed by atoms with Crippen molar-refractivity contribution >= 4 is 17.7 Å². The fourth-order valence-electron chi connectivity index (χ4n) is 1.49. The number of anilines is 1. The number of carbonyl (C=O) groups is 2. The molecule has 2 N–H and O–H groups in total. The average Bonchev–Trinajstić information content (AvgIpc) is 2.43. The highest BCUT2D eigenvalue weighted by molar-refractivity contribution is 5.94. The zero-order chi connectivity index (χ0) is 14.4. The number of carbonyl (C=O) groups excluding carboxylic acids is 1. The Hall–Kier alpha value is -2.55. The molecule has 0 fully saturated rings. The van der Waals surface area contributed by atoms with Crippen LogP contribution < -0.4 is 10.2 Å². The molecule has 1 unspecified atom stereocenters. The number of carboxylic acid groups (broad SMARTS) is 1. The molecule has 1 aromatic carbocycles. The van der Waals surface area contributed by atoms with Crippen LogP contribution in [-0.2, 0) is 4.79 Å². The maximum absolute atomic E-state index is 11.9. The van der Waals surface area contributed by atoms with Crippen LogP contribution in [-0.4, -0.2) is 30.2 Å². The average molecular weight is 261 g/mol. The lowest BCUT2D eigenvalue weighted by Crippen LogP contribution is -2.46. The number of amides is 2. The quantitative estimate of drug-likeness (QED) is 0.860. The summed E-state index contributed by atoms with van der Waals surface area (Å²) in [5, 5.41) is 20.1. The number of nitrogens with zero attached hydrogens (tertiary/aromatic N) is 2. The first kappa shape index (κ1) is 14.5. The van der Waals surface area contributed by atoms with E-state index in [2.05, 4.69) is 5.32 Å². The Morgan fingerprint density at radius 1 is 1.53 bits per heavy atom. The molecule has 2 amide bonds. The van der Waals surface area contributed by atoms with Gasteiger partial charge in [0.2, 0.25) is 0 Å². The second-order valence-corrected chi connectivity index (χ2v) is 3.97. The van der Waals surface area contributed by atoms with Crippen molar-refractivity contribution < 1.29 is 14.7 Å². The molecular weight excluding hydrogens is 246 g/mol. The van der Waals surface area contributed by atoms with E-state index in [-0.39, 0.29) is 0 Å². The largest absolute Gasteiger partial charge is 0.480 e. The Morgan fingerprint density at radius 3 is 2.74 bits per heavy atom. The third kappa shape index (κ3) is 3.71. The Morgan fingerprint density at radius 2 is 2.21 bits per heavy atom. The lowest BCUT2D eigenvalue weighted by molar-refractivity contribution is -0.139. The van der Waals surface area contributed by atoms with Crippen LogP contribution in [0.5, 0.6) is 0 Å². The lowest BCUT2D eigenvalue weighted by Gasteiger charge is -2.21. The van der Waals surface area contributed by atoms with Crippen LogP contribution >= 0.6 is 0 Å². The molecule has 0 aliphatic rings. The summed E-state index contributed by atoms with van der Waals surface area (Å²) < 4.78 is 0. The molecule has 0 heterocycles. The third-order valence-corrected chi connectivity index (χ3v) is 2.67. The Balaban J connectivity index is 2.82. The van der Waals surface area contributed by atoms with Crippen LogP contribution in [0.3, 0.4) is 0 Å². The van der Waals surface area contributed by atoms with Crippen molar-refractivity contribution in [2.24, 2.45) is 0 Å². The van der Waals surface area contributed by atoms with E-state index in [0.29, 0.717) is 17.7 Å². The maximum Gasteiger partial charge on any atom is 0.326 e. The predicted molar refractivity (Wildman–Crippen MR) is 69.8 cm³/mol. The standard InChI is InChI=1S/C13H15N3O3/c1-3-11(12(17)18)15-13(19)16(2)10-6-4-5-9(7-10)8-14/h4-7,11H,3H2,1-2H3,(H,15,19)(H,17,18). The Kier molecular flexibility index (Phi) is 4.89. The molecule has 0 saturated heterocycles. The molecular formula is C13H15N3O3. The van der Waals surface area contributed by atoms with E-state index >= 15 is 0 Å². The number of aliphatic carboxylic acids is 1. The summed E-state index contributed by atoms with van der Waals surface area (Å²) in [6, 6.07) is 7.04. The number of hydrogen-bond donors (Lipinski definition) is 2. The van der Waals surface area contributed by atoms with Crippen LogP contribution in [0.4, 0.5) is 10.5 Å². The fourth-order valence-corrected chi connectivity index (χ4v) is 1.49. The molecule has 0 spiro atoms. The minimum atomic E-state index is -1.07. The number of benzene rings is 1. The van der Waals surface area contributed by atoms with Gasteiger partial charge in [-0.3, -0.25) is 4.90 Å². The highest BCUT2D eigenvalue weighted by Gasteiger charge is 2.20. The summed E-state index contributed by atoms with van der Waals surface area (Å²) in [4.78, 5) is 24.0. The highest BCUT2D eigenvalue weighted by Crippen LogP contribution is 2.14. The second-order valence-electron chi connectivity index (χ2n) is 3.97. The summed E-state index contributed by atoms with van der Waals surface area (Å²) in [5.74, 6) is -1.07. The number of hydrogen-bond acceptors (Lipinski definition) is 3. The highest BCUT2D eigenvalue weighted by atomic mass is 16.4. The topological polar surface area (TPSA) is 93.4 Å². The molecule has 0 aromatic heterocycles. The SMILES string of the molecule is CCC(NC(=O)N(C)c1cccc(C#N)c1)C(=O)O. The van der Waals surface area contributed by atoms with Crippen LogP contribution in [0, 0.1) is 11.3 Å². The molecule has 6 nitrogen and oxygen atoms in total. The van der Waals surface area contributed by atoms with Gasteiger partial charge in [0.1, 0.15) is 6.04 Å². The molecule has 0 bridgehead atoms. The zero-order valence-corrected chi connectivity index (χ0v) is 10.8. The van der Waals surface area contributed by atoms with E-state index in [9.17, 15) is 9.59 Å². The van der Waals surface area contributed by atoms with Gasteiger partial charge in [0.15, 0.2) is 0 Å². The van der Waals surface area contributed by atoms with Crippen LogP contribution in [0.25, 0.3) is 0 Å². The van der Waals surface area contributed by atoms with Gasteiger partial charge in [0.25, 0.3) is 0 Å². The molecule has 100 valence electrons. The van der Waals surface area contributed by atoms with E-state index in [1.165, 1.54) is 11.9 Å². The third-order valence-electron chi connectivity index (χ3n) is 2.67. The summed E-state index contributed by atoms with van der Waals surface area (Å²) in [6.07, 6.45) is 0.299. The molecule has 1 atom stereocenters. The molecule has 6 heteroatoms. The molecule has 0 radical (unpaired) electrons. The second kappa shape index (κ2) is 6.40. The van der Waals surface area contributed by atoms with Gasteiger partial charge in [-0.05, 0) is 24.6 Å². The summed E-state index contributed by atoms with van der Waals surface area (Å²) >= 11 is 0. The van der Waals surface area contributed by atoms with Gasteiger partial charge < -0.3 is 10.4 Å². The number of nitriles is 1. The lowest BCUT2D eigenvalue weighted by atomic mass is 10.2. The van der Waals surface area contributed by atoms with Crippen LogP contribution in [0.1, 0.15) is 18.9 Å². The minimum absolute atomic E-state index is 0.299. The van der Waals surface area contributed by atoms with E-state index in [4.69, 9.17) is 10.4 Å². The van der Waals surface area contributed by atoms with Gasteiger partial charge in [0, 0.05) is 12.7 Å². The number of rotatable bonds is 4. The summed E-state index contributed by atoms with van der Waals surface area (Å²) in [6.45, 7) is 1.68. The number of urea groups is 1. The molecule has 1 aromatic rings. The van der Waals surface area contributed by atoms with Crippen molar-refractivity contribution in [2.75, 3.05) is 11.9 Å². The molecule has 0 aliphatic heterocycles. The van der Waals surface area contributed by atoms with Crippen molar-refractivity contribution in [2.45, 2.75) is 19.4 Å². The first-order valence-electron chi connectivity index (χ1n) is 5.76. The Labute approximate surface area is 111 Å². The monoisotopic (exact) mass is 261 g/mol. The van der Waals surface area contributed by atoms with Gasteiger partial charge >= 0.3 is 12.0 Å². The molecule has 19 heavy (non-hydrogen) atoms. The van der Waals surface area contributed by atoms with Gasteiger partial charge in [-0.2, -0.15) is 5.26 Å². The normalized spacial score (nSPS) is 11.2. The molecule has 0 saturated carbocycles. The van der Waals surface area contributed by atoms with E-state index < -0.39 is 18.0 Å². The van der Waals surface area contributed by atoms with Gasteiger partial charge in [-0.15, -0.1) is 0 Å². The van der Waals surface area contributed by atoms with Crippen LogP contribution in [0.2, 0.25) is 0 Å². The van der Waals surface area contributed by atoms with Gasteiger partial charge in [-0.1, -0.05) is 13.0 Å². The minimum Gasteiger partial charge on any atom is -0.480 e. The molecule has 1 rings (SSSR count). The van der Waals surface area contributed by atoms with Crippen molar-refractivity contribution in [1.82, 2.24) is 5.32 Å². The first-order chi connectivity index (χ1) is 8.99. The number of carboxylic acids is 1. The summed E-state index contributed by atoms with van der Waals surface area (Å²) in [7, 11) is 1.51. The van der Waals surface area contributed by atoms with Gasteiger partial charge in [-0.25, -0.2) is 9.59 Å². The van der Waals surface area contributed by atoms with Crippen molar-refractivity contribution in [1.29, 1.82) is 5.26 Å². The van der Waals surface area contributed by atoms with E-state index in [1.807, 2.05) is 6.07 Å². The smallest absolute Gasteiger partial charge is 0.326 e. The van der Waals surface area contributed by atoms with E-state index in [1.54, 1.807) is 31.2 Å². The molecule has 0 aliphatic carbocycles. The number of nitrogens with one attached hydrogen (secondary N) is 1. The zero-order valence-electron chi connectivity index (χ0n) is 10.8. The summed E-state index contributed by atoms with van der Waals surface area (Å²) in [5.41, 5.74) is 0.958. The first-order valence-corrected chi connectivity index (χ1v) is 5.76. The van der Waals surface area contributed by atoms with Crippen molar-refractivity contribution in [3.8, 4) is 6.07 Å². The van der Waals surface area contributed by atoms with Gasteiger partial charge in [0.05, 0.1) is 11.6 Å². The van der Waals surface area contributed by atoms with Crippen LogP contribution in [0.15, 0.2) is 24.3 Å². The van der Waals surface area contributed by atoms with Crippen molar-refractivity contribution in [3.05, 3.63) is 29.8 Å². The predicted octanol–water partition coefficient (Wildman–Crippen LogP) is 1.57. The van der Waals surface area contributed by atoms with E-state index in [0.717, 1.165) is 0 Å². The maximum atomic E-state index is 11.9.